The lowest BCUT2D eigenvalue weighted by Crippen LogP contribution is -2.20. The lowest BCUT2D eigenvalue weighted by atomic mass is 9.93. The highest BCUT2D eigenvalue weighted by Gasteiger charge is 2.28. The lowest BCUT2D eigenvalue weighted by molar-refractivity contribution is 0.108. The quantitative estimate of drug-likeness (QED) is 0.821. The number of rotatable bonds is 4. The molecule has 1 fully saturated rings. The first-order valence-corrected chi connectivity index (χ1v) is 6.51. The first-order valence-electron chi connectivity index (χ1n) is 6.51. The van der Waals surface area contributed by atoms with Gasteiger partial charge in [0, 0.05) is 0 Å². The fourth-order valence-electron chi connectivity index (χ4n) is 2.86. The van der Waals surface area contributed by atoms with Crippen LogP contribution in [-0.4, -0.2) is 11.2 Å². The van der Waals surface area contributed by atoms with Crippen LogP contribution in [0.4, 0.5) is 0 Å². The molecule has 3 atom stereocenters. The van der Waals surface area contributed by atoms with Gasteiger partial charge in [-0.3, -0.25) is 0 Å². The molecule has 88 valence electrons. The molecule has 1 nitrogen and oxygen atoms in total. The molecule has 1 N–H and O–H groups in total. The Balaban J connectivity index is 1.87. The molecule has 0 bridgehead atoms. The molecule has 1 aromatic rings. The summed E-state index contributed by atoms with van der Waals surface area (Å²) in [5.74, 6) is 1.39. The van der Waals surface area contributed by atoms with Crippen LogP contribution in [0.2, 0.25) is 0 Å². The van der Waals surface area contributed by atoms with E-state index < -0.39 is 0 Å². The largest absolute Gasteiger partial charge is 0.392 e. The van der Waals surface area contributed by atoms with Gasteiger partial charge < -0.3 is 5.11 Å². The van der Waals surface area contributed by atoms with E-state index in [4.69, 9.17) is 0 Å². The van der Waals surface area contributed by atoms with E-state index in [1.807, 2.05) is 18.2 Å². The minimum Gasteiger partial charge on any atom is -0.392 e. The molecule has 1 aliphatic carbocycles. The Bertz CT molecular complexity index is 306. The maximum atomic E-state index is 10.2. The predicted molar refractivity (Wildman–Crippen MR) is 67.3 cm³/mol. The van der Waals surface area contributed by atoms with Crippen molar-refractivity contribution in [1.29, 1.82) is 0 Å². The van der Waals surface area contributed by atoms with E-state index in [0.717, 1.165) is 12.3 Å². The van der Waals surface area contributed by atoms with Crippen LogP contribution in [0.3, 0.4) is 0 Å². The zero-order valence-corrected chi connectivity index (χ0v) is 10.1. The second-order valence-corrected chi connectivity index (χ2v) is 5.10. The minimum absolute atomic E-state index is 0.140. The van der Waals surface area contributed by atoms with Gasteiger partial charge >= 0.3 is 0 Å². The van der Waals surface area contributed by atoms with E-state index in [9.17, 15) is 5.11 Å². The second kappa shape index (κ2) is 5.49. The minimum atomic E-state index is -0.140. The van der Waals surface area contributed by atoms with E-state index in [0.29, 0.717) is 5.92 Å². The number of hydrogen-bond donors (Lipinski definition) is 1. The Morgan fingerprint density at radius 1 is 1.25 bits per heavy atom. The predicted octanol–water partition coefficient (Wildman–Crippen LogP) is 3.42. The van der Waals surface area contributed by atoms with Crippen molar-refractivity contribution < 1.29 is 5.11 Å². The van der Waals surface area contributed by atoms with Gasteiger partial charge in [-0.15, -0.1) is 0 Å². The molecule has 1 saturated carbocycles. The summed E-state index contributed by atoms with van der Waals surface area (Å²) < 4.78 is 0. The van der Waals surface area contributed by atoms with Crippen LogP contribution in [0.15, 0.2) is 30.3 Å². The lowest BCUT2D eigenvalue weighted by Gasteiger charge is -2.18. The summed E-state index contributed by atoms with van der Waals surface area (Å²) in [4.78, 5) is 0. The summed E-state index contributed by atoms with van der Waals surface area (Å²) in [6.07, 6.45) is 5.71. The molecule has 0 aromatic heterocycles. The summed E-state index contributed by atoms with van der Waals surface area (Å²) in [5, 5.41) is 10.2. The van der Waals surface area contributed by atoms with E-state index in [1.54, 1.807) is 0 Å². The monoisotopic (exact) mass is 218 g/mol. The van der Waals surface area contributed by atoms with Crippen LogP contribution < -0.4 is 0 Å². The molecule has 1 aromatic carbocycles. The van der Waals surface area contributed by atoms with Crippen LogP contribution in [-0.2, 0) is 6.42 Å². The fourth-order valence-corrected chi connectivity index (χ4v) is 2.86. The average Bonchev–Trinajstić information content (AvgIpc) is 2.79. The van der Waals surface area contributed by atoms with Crippen LogP contribution in [0, 0.1) is 11.8 Å². The third-order valence-electron chi connectivity index (χ3n) is 3.99. The van der Waals surface area contributed by atoms with Crippen molar-refractivity contribution in [2.45, 2.75) is 45.1 Å². The molecule has 0 aliphatic heterocycles. The van der Waals surface area contributed by atoms with Crippen molar-refractivity contribution in [3.63, 3.8) is 0 Å². The topological polar surface area (TPSA) is 20.2 Å². The highest BCUT2D eigenvalue weighted by molar-refractivity contribution is 5.15. The number of aliphatic hydroxyl groups excluding tert-OH is 1. The number of hydrogen-bond acceptors (Lipinski definition) is 1. The van der Waals surface area contributed by atoms with E-state index in [2.05, 4.69) is 19.1 Å². The maximum Gasteiger partial charge on any atom is 0.0608 e. The van der Waals surface area contributed by atoms with Gasteiger partial charge in [0.1, 0.15) is 0 Å². The standard InChI is InChI=1S/C15H22O/c1-2-12-8-9-14(10-12)15(16)11-13-6-4-3-5-7-13/h3-7,12,14-16H,2,8-11H2,1H3. The normalized spacial score (nSPS) is 26.9. The third kappa shape index (κ3) is 2.85. The van der Waals surface area contributed by atoms with Crippen molar-refractivity contribution in [2.75, 3.05) is 0 Å². The second-order valence-electron chi connectivity index (χ2n) is 5.10. The molecule has 2 rings (SSSR count). The van der Waals surface area contributed by atoms with Crippen LogP contribution >= 0.6 is 0 Å². The van der Waals surface area contributed by atoms with Crippen molar-refractivity contribution in [3.05, 3.63) is 35.9 Å². The van der Waals surface area contributed by atoms with Gasteiger partial charge in [-0.05, 0) is 36.7 Å². The van der Waals surface area contributed by atoms with Crippen molar-refractivity contribution in [2.24, 2.45) is 11.8 Å². The van der Waals surface area contributed by atoms with Crippen LogP contribution in [0.1, 0.15) is 38.2 Å². The molecule has 0 spiro atoms. The summed E-state index contributed by atoms with van der Waals surface area (Å²) in [5.41, 5.74) is 1.26. The van der Waals surface area contributed by atoms with Gasteiger partial charge in [-0.2, -0.15) is 0 Å². The van der Waals surface area contributed by atoms with Gasteiger partial charge in [0.2, 0.25) is 0 Å². The molecule has 0 saturated heterocycles. The van der Waals surface area contributed by atoms with Gasteiger partial charge in [-0.25, -0.2) is 0 Å². The molecule has 1 heteroatoms. The maximum absolute atomic E-state index is 10.2. The molecular weight excluding hydrogens is 196 g/mol. The molecular formula is C15H22O. The summed E-state index contributed by atoms with van der Waals surface area (Å²) in [7, 11) is 0. The number of benzene rings is 1. The SMILES string of the molecule is CCC1CCC(C(O)Cc2ccccc2)C1. The van der Waals surface area contributed by atoms with Crippen LogP contribution in [0.25, 0.3) is 0 Å². The van der Waals surface area contributed by atoms with Crippen molar-refractivity contribution >= 4 is 0 Å². The molecule has 0 amide bonds. The first kappa shape index (κ1) is 11.7. The molecule has 1 aliphatic rings. The first-order chi connectivity index (χ1) is 7.79. The Morgan fingerprint density at radius 3 is 2.62 bits per heavy atom. The van der Waals surface area contributed by atoms with Crippen molar-refractivity contribution in [1.82, 2.24) is 0 Å². The molecule has 0 heterocycles. The van der Waals surface area contributed by atoms with Gasteiger partial charge in [0.25, 0.3) is 0 Å². The summed E-state index contributed by atoms with van der Waals surface area (Å²) in [6.45, 7) is 2.26. The molecule has 3 unspecified atom stereocenters. The third-order valence-corrected chi connectivity index (χ3v) is 3.99. The fraction of sp³-hybridized carbons (Fsp3) is 0.600. The van der Waals surface area contributed by atoms with Crippen molar-refractivity contribution in [3.8, 4) is 0 Å². The average molecular weight is 218 g/mol. The van der Waals surface area contributed by atoms with Gasteiger partial charge in [0.05, 0.1) is 6.10 Å². The zero-order valence-electron chi connectivity index (χ0n) is 10.1. The number of aliphatic hydroxyl groups is 1. The molecule has 16 heavy (non-hydrogen) atoms. The Morgan fingerprint density at radius 2 is 2.00 bits per heavy atom. The summed E-state index contributed by atoms with van der Waals surface area (Å²) in [6, 6.07) is 10.3. The van der Waals surface area contributed by atoms with Gasteiger partial charge in [-0.1, -0.05) is 50.1 Å². The van der Waals surface area contributed by atoms with Gasteiger partial charge in [0.15, 0.2) is 0 Å². The highest BCUT2D eigenvalue weighted by Crippen LogP contribution is 2.35. The Kier molecular flexibility index (Phi) is 4.00. The Hall–Kier alpha value is -0.820. The Labute approximate surface area is 98.5 Å². The molecule has 0 radical (unpaired) electrons. The smallest absolute Gasteiger partial charge is 0.0608 e. The summed E-state index contributed by atoms with van der Waals surface area (Å²) >= 11 is 0. The highest BCUT2D eigenvalue weighted by atomic mass is 16.3. The van der Waals surface area contributed by atoms with E-state index in [1.165, 1.54) is 31.2 Å². The van der Waals surface area contributed by atoms with E-state index in [-0.39, 0.29) is 6.10 Å². The zero-order chi connectivity index (χ0) is 11.4. The van der Waals surface area contributed by atoms with E-state index >= 15 is 0 Å². The van der Waals surface area contributed by atoms with Crippen LogP contribution in [0.5, 0.6) is 0 Å².